The molecular weight excluding hydrogens is 468 g/mol. The summed E-state index contributed by atoms with van der Waals surface area (Å²) in [4.78, 5) is 12.8. The van der Waals surface area contributed by atoms with Gasteiger partial charge in [-0.1, -0.05) is 30.1 Å². The van der Waals surface area contributed by atoms with Gasteiger partial charge in [0, 0.05) is 10.7 Å². The summed E-state index contributed by atoms with van der Waals surface area (Å²) in [6.07, 6.45) is -3.84. The van der Waals surface area contributed by atoms with E-state index in [0.717, 1.165) is 22.7 Å². The second-order valence-corrected chi connectivity index (χ2v) is 8.84. The standard InChI is InChI=1S/C18H17Cl2F3N2O4S/c1-3-15(25(30(2,27)28)16-10-11(19)4-9-14(16)20)17(26)24-12-5-7-13(8-6-12)29-18(21,22)23/h4-10,15H,3H2,1-2H3,(H,24,26). The van der Waals surface area contributed by atoms with Crippen molar-refractivity contribution in [1.29, 1.82) is 0 Å². The summed E-state index contributed by atoms with van der Waals surface area (Å²) in [5.74, 6) is -1.17. The normalized spacial score (nSPS) is 12.9. The van der Waals surface area contributed by atoms with E-state index in [9.17, 15) is 26.4 Å². The third-order valence-electron chi connectivity index (χ3n) is 3.83. The molecule has 1 unspecified atom stereocenters. The molecule has 164 valence electrons. The number of carbonyl (C=O) groups is 1. The van der Waals surface area contributed by atoms with Crippen LogP contribution < -0.4 is 14.4 Å². The summed E-state index contributed by atoms with van der Waals surface area (Å²) >= 11 is 12.1. The topological polar surface area (TPSA) is 75.7 Å². The minimum absolute atomic E-state index is 0.0302. The molecule has 30 heavy (non-hydrogen) atoms. The van der Waals surface area contributed by atoms with Crippen LogP contribution in [0.2, 0.25) is 10.0 Å². The predicted molar refractivity (Wildman–Crippen MR) is 110 cm³/mol. The van der Waals surface area contributed by atoms with Gasteiger partial charge in [-0.2, -0.15) is 0 Å². The summed E-state index contributed by atoms with van der Waals surface area (Å²) in [7, 11) is -3.95. The fraction of sp³-hybridized carbons (Fsp3) is 0.278. The average molecular weight is 485 g/mol. The Morgan fingerprint density at radius 1 is 1.17 bits per heavy atom. The van der Waals surface area contributed by atoms with E-state index in [1.54, 1.807) is 6.92 Å². The zero-order valence-corrected chi connectivity index (χ0v) is 18.0. The predicted octanol–water partition coefficient (Wildman–Crippen LogP) is 5.08. The van der Waals surface area contributed by atoms with Gasteiger partial charge in [-0.25, -0.2) is 8.42 Å². The molecule has 6 nitrogen and oxygen atoms in total. The van der Waals surface area contributed by atoms with Crippen molar-refractivity contribution in [3.8, 4) is 5.75 Å². The Kier molecular flexibility index (Phi) is 7.49. The molecule has 0 spiro atoms. The molecule has 1 amide bonds. The summed E-state index contributed by atoms with van der Waals surface area (Å²) < 4.78 is 66.3. The number of carbonyl (C=O) groups excluding carboxylic acids is 1. The molecule has 0 aliphatic rings. The third kappa shape index (κ3) is 6.41. The minimum atomic E-state index is -4.84. The quantitative estimate of drug-likeness (QED) is 0.594. The number of nitrogens with one attached hydrogen (secondary N) is 1. The van der Waals surface area contributed by atoms with Crippen molar-refractivity contribution >= 4 is 50.5 Å². The monoisotopic (exact) mass is 484 g/mol. The molecule has 12 heteroatoms. The molecule has 0 aliphatic carbocycles. The average Bonchev–Trinajstić information content (AvgIpc) is 2.61. The number of alkyl halides is 3. The van der Waals surface area contributed by atoms with Crippen molar-refractivity contribution in [1.82, 2.24) is 0 Å². The number of halogens is 5. The highest BCUT2D eigenvalue weighted by Gasteiger charge is 2.33. The van der Waals surface area contributed by atoms with Gasteiger partial charge in [0.15, 0.2) is 0 Å². The van der Waals surface area contributed by atoms with E-state index in [4.69, 9.17) is 23.2 Å². The van der Waals surface area contributed by atoms with Crippen LogP contribution in [0, 0.1) is 0 Å². The highest BCUT2D eigenvalue weighted by Crippen LogP contribution is 2.33. The molecule has 0 fully saturated rings. The Bertz CT molecular complexity index is 1020. The maximum absolute atomic E-state index is 12.8. The molecule has 0 aliphatic heterocycles. The van der Waals surface area contributed by atoms with Crippen LogP contribution in [0.1, 0.15) is 13.3 Å². The summed E-state index contributed by atoms with van der Waals surface area (Å²) in [6.45, 7) is 1.60. The van der Waals surface area contributed by atoms with E-state index in [0.29, 0.717) is 0 Å². The Morgan fingerprint density at radius 3 is 2.27 bits per heavy atom. The van der Waals surface area contributed by atoms with Gasteiger partial charge >= 0.3 is 6.36 Å². The Hall–Kier alpha value is -2.17. The van der Waals surface area contributed by atoms with Gasteiger partial charge in [-0.15, -0.1) is 13.2 Å². The van der Waals surface area contributed by atoms with Crippen molar-refractivity contribution in [3.63, 3.8) is 0 Å². The molecule has 2 aromatic rings. The van der Waals surface area contributed by atoms with Gasteiger partial charge in [-0.05, 0) is 48.9 Å². The van der Waals surface area contributed by atoms with Gasteiger partial charge in [-0.3, -0.25) is 9.10 Å². The number of hydrogen-bond acceptors (Lipinski definition) is 4. The number of ether oxygens (including phenoxy) is 1. The van der Waals surface area contributed by atoms with Crippen LogP contribution in [-0.4, -0.2) is 33.0 Å². The fourth-order valence-electron chi connectivity index (χ4n) is 2.66. The molecule has 1 atom stereocenters. The zero-order chi connectivity index (χ0) is 22.7. The lowest BCUT2D eigenvalue weighted by Crippen LogP contribution is -2.47. The first-order chi connectivity index (χ1) is 13.8. The van der Waals surface area contributed by atoms with Crippen LogP contribution in [0.15, 0.2) is 42.5 Å². The second kappa shape index (κ2) is 9.32. The number of hydrogen-bond donors (Lipinski definition) is 1. The van der Waals surface area contributed by atoms with Crippen molar-refractivity contribution in [3.05, 3.63) is 52.5 Å². The van der Waals surface area contributed by atoms with Crippen LogP contribution in [0.25, 0.3) is 0 Å². The first kappa shape index (κ1) is 24.1. The summed E-state index contributed by atoms with van der Waals surface area (Å²) in [5, 5.41) is 2.78. The highest BCUT2D eigenvalue weighted by atomic mass is 35.5. The molecule has 0 saturated heterocycles. The maximum atomic E-state index is 12.8. The van der Waals surface area contributed by atoms with Crippen molar-refractivity contribution < 1.29 is 31.1 Å². The number of benzene rings is 2. The van der Waals surface area contributed by atoms with Crippen LogP contribution in [0.3, 0.4) is 0 Å². The van der Waals surface area contributed by atoms with E-state index in [-0.39, 0.29) is 27.8 Å². The number of nitrogens with zero attached hydrogens (tertiary/aromatic N) is 1. The summed E-state index contributed by atoms with van der Waals surface area (Å²) in [5.41, 5.74) is 0.182. The lowest BCUT2D eigenvalue weighted by atomic mass is 10.1. The Balaban J connectivity index is 2.31. The lowest BCUT2D eigenvalue weighted by Gasteiger charge is -2.30. The molecule has 2 aromatic carbocycles. The van der Waals surface area contributed by atoms with Crippen molar-refractivity contribution in [2.75, 3.05) is 15.9 Å². The van der Waals surface area contributed by atoms with Gasteiger partial charge in [0.2, 0.25) is 15.9 Å². The van der Waals surface area contributed by atoms with Crippen LogP contribution in [-0.2, 0) is 14.8 Å². The number of sulfonamides is 1. The molecule has 0 aromatic heterocycles. The van der Waals surface area contributed by atoms with Gasteiger partial charge in [0.1, 0.15) is 11.8 Å². The van der Waals surface area contributed by atoms with Crippen LogP contribution >= 0.6 is 23.2 Å². The smallest absolute Gasteiger partial charge is 0.406 e. The molecule has 1 N–H and O–H groups in total. The highest BCUT2D eigenvalue weighted by molar-refractivity contribution is 7.92. The maximum Gasteiger partial charge on any atom is 0.573 e. The van der Waals surface area contributed by atoms with Crippen LogP contribution in [0.4, 0.5) is 24.5 Å². The van der Waals surface area contributed by atoms with E-state index < -0.39 is 34.1 Å². The van der Waals surface area contributed by atoms with E-state index in [1.165, 1.54) is 30.3 Å². The van der Waals surface area contributed by atoms with E-state index in [1.807, 2.05) is 0 Å². The van der Waals surface area contributed by atoms with E-state index in [2.05, 4.69) is 10.1 Å². The molecule has 0 heterocycles. The van der Waals surface area contributed by atoms with Crippen LogP contribution in [0.5, 0.6) is 5.75 Å². The number of amides is 1. The minimum Gasteiger partial charge on any atom is -0.406 e. The molecular formula is C18H17Cl2F3N2O4S. The lowest BCUT2D eigenvalue weighted by molar-refractivity contribution is -0.274. The fourth-order valence-corrected chi connectivity index (χ4v) is 4.30. The van der Waals surface area contributed by atoms with Gasteiger partial charge < -0.3 is 10.1 Å². The zero-order valence-electron chi connectivity index (χ0n) is 15.7. The Morgan fingerprint density at radius 2 is 1.77 bits per heavy atom. The molecule has 0 radical (unpaired) electrons. The van der Waals surface area contributed by atoms with Gasteiger partial charge in [0.05, 0.1) is 17.0 Å². The third-order valence-corrected chi connectivity index (χ3v) is 5.55. The number of anilines is 2. The van der Waals surface area contributed by atoms with Gasteiger partial charge in [0.25, 0.3) is 0 Å². The first-order valence-corrected chi connectivity index (χ1v) is 11.0. The second-order valence-electron chi connectivity index (χ2n) is 6.14. The first-order valence-electron chi connectivity index (χ1n) is 8.43. The van der Waals surface area contributed by atoms with Crippen molar-refractivity contribution in [2.45, 2.75) is 25.7 Å². The summed E-state index contributed by atoms with van der Waals surface area (Å²) in [6, 6.07) is 7.44. The molecule has 2 rings (SSSR count). The largest absolute Gasteiger partial charge is 0.573 e. The van der Waals surface area contributed by atoms with Crippen molar-refractivity contribution in [2.24, 2.45) is 0 Å². The SMILES string of the molecule is CCC(C(=O)Nc1ccc(OC(F)(F)F)cc1)N(c1cc(Cl)ccc1Cl)S(C)(=O)=O. The number of rotatable bonds is 7. The molecule has 0 saturated carbocycles. The van der Waals surface area contributed by atoms with E-state index >= 15 is 0 Å². The Labute approximate surface area is 181 Å². The molecule has 0 bridgehead atoms.